The first kappa shape index (κ1) is 65.1. The Balaban J connectivity index is 1.21. The second-order valence-corrected chi connectivity index (χ2v) is 28.4. The number of rotatable bonds is 23. The molecular weight excluding hydrogens is 1130 g/mol. The molecule has 3 aliphatic rings. The van der Waals surface area contributed by atoms with Crippen LogP contribution < -0.4 is 10.6 Å². The average molecular weight is 1220 g/mol. The molecule has 0 aliphatic carbocycles. The molecule has 22 heteroatoms. The zero-order valence-electron chi connectivity index (χ0n) is 50.5. The SMILES string of the molecule is CO[Si](O)(CCCNC(=O)O[C@@H]1C[C@@H](C(O)(c2ccc(C)cc2)c2ccc(C)cc2)N(C(=O)c2cc(C(=O)N3CCCCC3)cc(C(=O)N3C[C@H](OC(=O)NCCC[Si](O)(OC)OC)C[C@H]3C(O)(c3ccc(C)cc3)c3ccc(C)cc3)c2)C1)OC. The largest absolute Gasteiger partial charge is 0.497 e. The predicted molar refractivity (Wildman–Crippen MR) is 325 cm³/mol. The third-order valence-corrected chi connectivity index (χ3v) is 21.5. The second-order valence-electron chi connectivity index (χ2n) is 22.9. The van der Waals surface area contributed by atoms with Gasteiger partial charge in [-0.2, -0.15) is 0 Å². The number of nitrogens with one attached hydrogen (secondary N) is 2. The van der Waals surface area contributed by atoms with Gasteiger partial charge in [0.2, 0.25) is 0 Å². The number of nitrogens with zero attached hydrogens (tertiary/aromatic N) is 3. The molecule has 20 nitrogen and oxygen atoms in total. The molecule has 5 aromatic rings. The minimum absolute atomic E-state index is 0.0408. The van der Waals surface area contributed by atoms with Crippen LogP contribution in [0.2, 0.25) is 12.1 Å². The predicted octanol–water partition coefficient (Wildman–Crippen LogP) is 7.27. The highest BCUT2D eigenvalue weighted by molar-refractivity contribution is 6.59. The Labute approximate surface area is 506 Å². The first-order valence-corrected chi connectivity index (χ1v) is 33.3. The number of carbonyl (C=O) groups excluding carboxylic acids is 5. The van der Waals surface area contributed by atoms with Crippen molar-refractivity contribution in [1.29, 1.82) is 0 Å². The molecule has 5 aromatic carbocycles. The average Bonchev–Trinajstić information content (AvgIpc) is 2.24. The third kappa shape index (κ3) is 14.9. The van der Waals surface area contributed by atoms with Crippen molar-refractivity contribution in [2.45, 2.75) is 120 Å². The van der Waals surface area contributed by atoms with Crippen molar-refractivity contribution >= 4 is 47.5 Å². The summed E-state index contributed by atoms with van der Waals surface area (Å²) in [4.78, 5) is 99.8. The van der Waals surface area contributed by atoms with Gasteiger partial charge >= 0.3 is 29.8 Å². The van der Waals surface area contributed by atoms with Crippen molar-refractivity contribution in [3.05, 3.63) is 176 Å². The topological polar surface area (TPSA) is 255 Å². The zero-order chi connectivity index (χ0) is 62.0. The first-order valence-electron chi connectivity index (χ1n) is 29.4. The lowest BCUT2D eigenvalue weighted by Crippen LogP contribution is -2.51. The number of amides is 5. The number of ether oxygens (including phenoxy) is 2. The van der Waals surface area contributed by atoms with Crippen LogP contribution in [0, 0.1) is 27.7 Å². The van der Waals surface area contributed by atoms with E-state index in [1.165, 1.54) is 56.4 Å². The molecule has 0 radical (unpaired) electrons. The third-order valence-electron chi connectivity index (χ3n) is 17.0. The van der Waals surface area contributed by atoms with Gasteiger partial charge in [0.1, 0.15) is 23.4 Å². The maximum Gasteiger partial charge on any atom is 0.497 e. The molecule has 3 fully saturated rings. The van der Waals surface area contributed by atoms with Crippen molar-refractivity contribution in [1.82, 2.24) is 25.3 Å². The number of benzene rings is 5. The van der Waals surface area contributed by atoms with E-state index >= 15 is 9.59 Å². The Kier molecular flexibility index (Phi) is 21.5. The fourth-order valence-electron chi connectivity index (χ4n) is 11.9. The van der Waals surface area contributed by atoms with E-state index in [-0.39, 0.29) is 67.8 Å². The van der Waals surface area contributed by atoms with Crippen LogP contribution in [0.4, 0.5) is 9.59 Å². The molecule has 462 valence electrons. The molecule has 6 N–H and O–H groups in total. The normalized spacial score (nSPS) is 18.4. The van der Waals surface area contributed by atoms with E-state index in [1.807, 2.05) is 76.2 Å². The zero-order valence-corrected chi connectivity index (χ0v) is 52.5. The second kappa shape index (κ2) is 28.3. The maximum absolute atomic E-state index is 16.0. The van der Waals surface area contributed by atoms with E-state index in [1.54, 1.807) is 53.4 Å². The molecule has 8 rings (SSSR count). The molecule has 86 heavy (non-hydrogen) atoms. The van der Waals surface area contributed by atoms with Crippen LogP contribution in [0.3, 0.4) is 0 Å². The van der Waals surface area contributed by atoms with Gasteiger partial charge in [-0.25, -0.2) is 9.59 Å². The van der Waals surface area contributed by atoms with Gasteiger partial charge in [0.05, 0.1) is 25.2 Å². The number of alkyl carbamates (subject to hydrolysis) is 2. The van der Waals surface area contributed by atoms with Crippen molar-refractivity contribution in [2.24, 2.45) is 0 Å². The lowest BCUT2D eigenvalue weighted by molar-refractivity contribution is -0.00154. The molecule has 0 bridgehead atoms. The van der Waals surface area contributed by atoms with E-state index in [2.05, 4.69) is 10.6 Å². The summed E-state index contributed by atoms with van der Waals surface area (Å²) in [5.41, 5.74) is 1.64. The lowest BCUT2D eigenvalue weighted by atomic mass is 9.78. The number of hydrogen-bond acceptors (Lipinski definition) is 15. The summed E-state index contributed by atoms with van der Waals surface area (Å²) < 4.78 is 32.9. The summed E-state index contributed by atoms with van der Waals surface area (Å²) in [5, 5.41) is 32.6. The molecular formula is C64H83N5O15Si2. The first-order chi connectivity index (χ1) is 41.1. The highest BCUT2D eigenvalue weighted by Crippen LogP contribution is 2.44. The Morgan fingerprint density at radius 3 is 1.09 bits per heavy atom. The summed E-state index contributed by atoms with van der Waals surface area (Å²) in [6.07, 6.45) is -0.561. The Hall–Kier alpha value is -6.84. The fourth-order valence-corrected chi connectivity index (χ4v) is 14.3. The van der Waals surface area contributed by atoms with Crippen LogP contribution in [0.25, 0.3) is 0 Å². The van der Waals surface area contributed by atoms with Crippen molar-refractivity contribution in [3.8, 4) is 0 Å². The monoisotopic (exact) mass is 1220 g/mol. The van der Waals surface area contributed by atoms with Crippen LogP contribution in [0.1, 0.15) is 121 Å². The number of carbonyl (C=O) groups is 5. The van der Waals surface area contributed by atoms with Crippen LogP contribution in [-0.4, -0.2) is 174 Å². The van der Waals surface area contributed by atoms with Gasteiger partial charge in [-0.1, -0.05) is 119 Å². The maximum atomic E-state index is 16.0. The summed E-state index contributed by atoms with van der Waals surface area (Å²) in [7, 11) is -1.41. The van der Waals surface area contributed by atoms with Crippen molar-refractivity contribution in [2.75, 3.05) is 67.7 Å². The van der Waals surface area contributed by atoms with Crippen LogP contribution in [-0.2, 0) is 38.4 Å². The molecule has 0 unspecified atom stereocenters. The van der Waals surface area contributed by atoms with E-state index < -0.39 is 83.0 Å². The van der Waals surface area contributed by atoms with Gasteiger partial charge in [0, 0.05) is 96.2 Å². The van der Waals surface area contributed by atoms with Gasteiger partial charge in [-0.15, -0.1) is 0 Å². The number of hydrogen-bond donors (Lipinski definition) is 6. The van der Waals surface area contributed by atoms with E-state index in [4.69, 9.17) is 27.2 Å². The molecule has 3 heterocycles. The Morgan fingerprint density at radius 2 is 0.791 bits per heavy atom. The van der Waals surface area contributed by atoms with Gasteiger partial charge in [0.25, 0.3) is 17.7 Å². The van der Waals surface area contributed by atoms with Crippen molar-refractivity contribution < 1.29 is 71.0 Å². The number of aryl methyl sites for hydroxylation is 4. The van der Waals surface area contributed by atoms with Crippen LogP contribution in [0.15, 0.2) is 115 Å². The summed E-state index contributed by atoms with van der Waals surface area (Å²) in [6.45, 7) is 8.39. The van der Waals surface area contributed by atoms with E-state index in [0.717, 1.165) is 41.5 Å². The lowest BCUT2D eigenvalue weighted by Gasteiger charge is -2.40. The molecule has 4 atom stereocenters. The van der Waals surface area contributed by atoms with Crippen LogP contribution >= 0.6 is 0 Å². The minimum Gasteiger partial charge on any atom is -0.444 e. The van der Waals surface area contributed by atoms with Gasteiger partial charge in [0.15, 0.2) is 0 Å². The number of piperidine rings is 1. The molecule has 0 saturated carbocycles. The minimum atomic E-state index is -3.42. The van der Waals surface area contributed by atoms with Gasteiger partial charge in [-0.3, -0.25) is 14.4 Å². The number of aliphatic hydroxyl groups is 2. The molecule has 0 spiro atoms. The van der Waals surface area contributed by atoms with Gasteiger partial charge < -0.3 is 72.3 Å². The Morgan fingerprint density at radius 1 is 0.488 bits per heavy atom. The quantitative estimate of drug-likeness (QED) is 0.0278. The highest BCUT2D eigenvalue weighted by Gasteiger charge is 2.53. The standard InChI is InChI=1S/C64H83N5O15Si2/c1-43-14-22-50(23-15-43)63(75,51-24-16-44(2)17-25-51)56-39-54(83-61(73)65-30-12-34-85(77,79-5)80-6)41-68(56)59(71)48-36-47(58(70)67-32-10-9-11-33-67)37-49(38-48)60(72)69-42-55(84-62(74)66-31-13-35-86(78,81-7)82-8)40-57(69)64(76,52-26-18-45(3)19-27-52)53-28-20-46(4)21-29-53/h14-29,36-38,54-57,75-78H,9-13,30-35,39-42H2,1-8H3,(H,65,73)(H,66,74)/t54-,55-,56+,57+/m1/s1. The highest BCUT2D eigenvalue weighted by atomic mass is 28.4. The van der Waals surface area contributed by atoms with E-state index in [9.17, 15) is 34.2 Å². The van der Waals surface area contributed by atoms with Crippen LogP contribution in [0.5, 0.6) is 0 Å². The van der Waals surface area contributed by atoms with Crippen molar-refractivity contribution in [3.63, 3.8) is 0 Å². The Bertz CT molecular complexity index is 2860. The molecule has 3 aliphatic heterocycles. The molecule has 5 amide bonds. The fraction of sp³-hybridized carbons (Fsp3) is 0.453. The summed E-state index contributed by atoms with van der Waals surface area (Å²) in [6, 6.07) is 31.8. The number of likely N-dealkylation sites (tertiary alicyclic amines) is 3. The van der Waals surface area contributed by atoms with Gasteiger partial charge in [-0.05, 0) is 100 Å². The summed E-state index contributed by atoms with van der Waals surface area (Å²) >= 11 is 0. The summed E-state index contributed by atoms with van der Waals surface area (Å²) in [5.74, 6) is -1.75. The van der Waals surface area contributed by atoms with E-state index in [0.29, 0.717) is 48.2 Å². The smallest absolute Gasteiger partial charge is 0.444 e. The molecule has 0 aromatic heterocycles. The molecule has 3 saturated heterocycles.